The summed E-state index contributed by atoms with van der Waals surface area (Å²) in [4.78, 5) is 0. The lowest BCUT2D eigenvalue weighted by Crippen LogP contribution is -2.03. The number of hydrogen-bond acceptors (Lipinski definition) is 0. The van der Waals surface area contributed by atoms with Gasteiger partial charge in [-0.1, -0.05) is 66.8 Å². The van der Waals surface area contributed by atoms with E-state index >= 15 is 0 Å². The van der Waals surface area contributed by atoms with Gasteiger partial charge in [-0.15, -0.1) is 0 Å². The van der Waals surface area contributed by atoms with Crippen LogP contribution in [0.4, 0.5) is 13.2 Å². The lowest BCUT2D eigenvalue weighted by Gasteiger charge is -2.05. The van der Waals surface area contributed by atoms with Gasteiger partial charge in [0.15, 0.2) is 0 Å². The smallest absolute Gasteiger partial charge is 0.166 e. The first-order chi connectivity index (χ1) is 9.55. The lowest BCUT2D eigenvalue weighted by atomic mass is 10.1. The lowest BCUT2D eigenvalue weighted by molar-refractivity contribution is -0.137. The Balaban J connectivity index is 2.00. The molecule has 0 spiro atoms. The van der Waals surface area contributed by atoms with Gasteiger partial charge >= 0.3 is 6.18 Å². The molecule has 0 unspecified atom stereocenters. The van der Waals surface area contributed by atoms with Crippen LogP contribution in [0, 0.1) is 0 Å². The highest BCUT2D eigenvalue weighted by molar-refractivity contribution is 5.57. The van der Waals surface area contributed by atoms with E-state index in [1.807, 2.05) is 42.5 Å². The summed E-state index contributed by atoms with van der Waals surface area (Å²) in [5.41, 5.74) is 1.18. The summed E-state index contributed by atoms with van der Waals surface area (Å²) in [6, 6.07) is 14.9. The second-order valence-electron chi connectivity index (χ2n) is 4.25. The van der Waals surface area contributed by atoms with E-state index in [1.54, 1.807) is 12.2 Å². The van der Waals surface area contributed by atoms with Gasteiger partial charge in [0.05, 0.1) is 5.56 Å². The van der Waals surface area contributed by atoms with E-state index in [9.17, 15) is 13.2 Å². The fourth-order valence-electron chi connectivity index (χ4n) is 1.68. The van der Waals surface area contributed by atoms with E-state index in [0.29, 0.717) is 0 Å². The van der Waals surface area contributed by atoms with Crippen LogP contribution in [-0.4, -0.2) is 0 Å². The molecule has 0 bridgehead atoms. The minimum atomic E-state index is -4.28. The third-order valence-electron chi connectivity index (χ3n) is 2.73. The van der Waals surface area contributed by atoms with Gasteiger partial charge in [0, 0.05) is 0 Å². The summed E-state index contributed by atoms with van der Waals surface area (Å²) in [5, 5.41) is 0. The maximum Gasteiger partial charge on any atom is 0.416 e. The molecule has 0 aliphatic carbocycles. The number of alkyl halides is 3. The third kappa shape index (κ3) is 4.12. The second-order valence-corrected chi connectivity index (χ2v) is 4.25. The van der Waals surface area contributed by atoms with Crippen molar-refractivity contribution in [2.45, 2.75) is 6.18 Å². The molecular formula is C17H13F3. The molecule has 2 aromatic carbocycles. The zero-order valence-corrected chi connectivity index (χ0v) is 10.6. The Labute approximate surface area is 115 Å². The van der Waals surface area contributed by atoms with Crippen molar-refractivity contribution in [1.29, 1.82) is 0 Å². The van der Waals surface area contributed by atoms with Gasteiger partial charge in [0.1, 0.15) is 0 Å². The van der Waals surface area contributed by atoms with Crippen molar-refractivity contribution in [2.24, 2.45) is 0 Å². The van der Waals surface area contributed by atoms with Gasteiger partial charge in [0.25, 0.3) is 0 Å². The molecule has 2 rings (SSSR count). The monoisotopic (exact) mass is 274 g/mol. The fraction of sp³-hybridized carbons (Fsp3) is 0.0588. The maximum atomic E-state index is 12.4. The Hall–Kier alpha value is -2.29. The van der Waals surface area contributed by atoms with Crippen LogP contribution < -0.4 is 0 Å². The summed E-state index contributed by atoms with van der Waals surface area (Å²) >= 11 is 0. The maximum absolute atomic E-state index is 12.4. The average Bonchev–Trinajstić information content (AvgIpc) is 2.44. The van der Waals surface area contributed by atoms with E-state index in [2.05, 4.69) is 0 Å². The highest BCUT2D eigenvalue weighted by atomic mass is 19.4. The van der Waals surface area contributed by atoms with Crippen LogP contribution >= 0.6 is 0 Å². The van der Waals surface area contributed by atoms with Crippen molar-refractivity contribution in [2.75, 3.05) is 0 Å². The highest BCUT2D eigenvalue weighted by Gasteiger charge is 2.29. The Bertz CT molecular complexity index is 590. The third-order valence-corrected chi connectivity index (χ3v) is 2.73. The fourth-order valence-corrected chi connectivity index (χ4v) is 1.68. The summed E-state index contributed by atoms with van der Waals surface area (Å²) in [7, 11) is 0. The number of benzene rings is 2. The van der Waals surface area contributed by atoms with Gasteiger partial charge in [0.2, 0.25) is 0 Å². The Morgan fingerprint density at radius 2 is 1.15 bits per heavy atom. The Morgan fingerprint density at radius 1 is 0.650 bits per heavy atom. The first-order valence-corrected chi connectivity index (χ1v) is 6.13. The van der Waals surface area contributed by atoms with E-state index in [1.165, 1.54) is 12.1 Å². The van der Waals surface area contributed by atoms with Crippen LogP contribution in [0.2, 0.25) is 0 Å². The summed E-state index contributed by atoms with van der Waals surface area (Å²) in [5.74, 6) is 0. The predicted octanol–water partition coefficient (Wildman–Crippen LogP) is 5.43. The predicted molar refractivity (Wildman–Crippen MR) is 76.0 cm³/mol. The molecule has 20 heavy (non-hydrogen) atoms. The first-order valence-electron chi connectivity index (χ1n) is 6.13. The quantitative estimate of drug-likeness (QED) is 0.654. The molecule has 0 heterocycles. The van der Waals surface area contributed by atoms with Crippen LogP contribution in [0.5, 0.6) is 0 Å². The zero-order valence-electron chi connectivity index (χ0n) is 10.6. The van der Waals surface area contributed by atoms with Crippen molar-refractivity contribution < 1.29 is 13.2 Å². The standard InChI is InChI=1S/C17H13F3/c18-17(19,20)16-12-10-15(11-13-16)9-5-4-8-14-6-2-1-3-7-14/h1-13H/b8-4+,9-5+. The SMILES string of the molecule is FC(F)(F)c1ccc(/C=C/C=C/c2ccccc2)cc1. The normalized spacial score (nSPS) is 12.3. The summed E-state index contributed by atoms with van der Waals surface area (Å²) in [6.07, 6.45) is 3.07. The van der Waals surface area contributed by atoms with E-state index in [4.69, 9.17) is 0 Å². The van der Waals surface area contributed by atoms with E-state index in [-0.39, 0.29) is 0 Å². The molecule has 0 fully saturated rings. The van der Waals surface area contributed by atoms with Crippen LogP contribution in [0.1, 0.15) is 16.7 Å². The average molecular weight is 274 g/mol. The molecule has 0 nitrogen and oxygen atoms in total. The molecule has 0 aromatic heterocycles. The van der Waals surface area contributed by atoms with Gasteiger partial charge in [-0.25, -0.2) is 0 Å². The molecule has 0 radical (unpaired) electrons. The number of halogens is 3. The van der Waals surface area contributed by atoms with Crippen LogP contribution in [0.3, 0.4) is 0 Å². The van der Waals surface area contributed by atoms with Crippen molar-refractivity contribution in [1.82, 2.24) is 0 Å². The zero-order chi connectivity index (χ0) is 14.4. The molecule has 0 N–H and O–H groups in total. The van der Waals surface area contributed by atoms with Crippen molar-refractivity contribution in [3.8, 4) is 0 Å². The molecule has 0 saturated carbocycles. The van der Waals surface area contributed by atoms with Gasteiger partial charge < -0.3 is 0 Å². The Morgan fingerprint density at radius 3 is 1.65 bits per heavy atom. The second kappa shape index (κ2) is 6.24. The molecular weight excluding hydrogens is 261 g/mol. The number of rotatable bonds is 3. The molecule has 102 valence electrons. The van der Waals surface area contributed by atoms with Gasteiger partial charge in [-0.3, -0.25) is 0 Å². The molecule has 0 saturated heterocycles. The molecule has 0 amide bonds. The molecule has 0 aliphatic heterocycles. The summed E-state index contributed by atoms with van der Waals surface area (Å²) in [6.45, 7) is 0. The number of hydrogen-bond donors (Lipinski definition) is 0. The van der Waals surface area contributed by atoms with Gasteiger partial charge in [-0.2, -0.15) is 13.2 Å². The van der Waals surface area contributed by atoms with Crippen molar-refractivity contribution in [3.05, 3.63) is 83.4 Å². The van der Waals surface area contributed by atoms with Crippen molar-refractivity contribution >= 4 is 12.2 Å². The highest BCUT2D eigenvalue weighted by Crippen LogP contribution is 2.29. The summed E-state index contributed by atoms with van der Waals surface area (Å²) < 4.78 is 37.2. The van der Waals surface area contributed by atoms with Crippen molar-refractivity contribution in [3.63, 3.8) is 0 Å². The molecule has 0 atom stereocenters. The molecule has 0 aliphatic rings. The minimum absolute atomic E-state index is 0.630. The van der Waals surface area contributed by atoms with E-state index in [0.717, 1.165) is 23.3 Å². The van der Waals surface area contributed by atoms with E-state index < -0.39 is 11.7 Å². The number of allylic oxidation sites excluding steroid dienone is 2. The Kier molecular flexibility index (Phi) is 4.41. The largest absolute Gasteiger partial charge is 0.416 e. The van der Waals surface area contributed by atoms with Crippen LogP contribution in [0.15, 0.2) is 66.7 Å². The minimum Gasteiger partial charge on any atom is -0.166 e. The van der Waals surface area contributed by atoms with Crippen LogP contribution in [-0.2, 0) is 6.18 Å². The first kappa shape index (κ1) is 14.1. The van der Waals surface area contributed by atoms with Crippen LogP contribution in [0.25, 0.3) is 12.2 Å². The molecule has 2 aromatic rings. The van der Waals surface area contributed by atoms with Gasteiger partial charge in [-0.05, 0) is 23.3 Å². The molecule has 3 heteroatoms. The topological polar surface area (TPSA) is 0 Å².